The molecular weight excluding hydrogens is 246 g/mol. The average Bonchev–Trinajstić information content (AvgIpc) is 2.75. The molecule has 0 bridgehead atoms. The van der Waals surface area contributed by atoms with Crippen LogP contribution in [0.15, 0.2) is 24.4 Å². The van der Waals surface area contributed by atoms with Crippen LogP contribution in [0.1, 0.15) is 18.6 Å². The van der Waals surface area contributed by atoms with Crippen molar-refractivity contribution in [1.82, 2.24) is 4.57 Å². The minimum Gasteiger partial charge on any atom is -0.497 e. The molecule has 19 heavy (non-hydrogen) atoms. The second-order valence-corrected chi connectivity index (χ2v) is 4.23. The van der Waals surface area contributed by atoms with Gasteiger partial charge in [0.25, 0.3) is 0 Å². The summed E-state index contributed by atoms with van der Waals surface area (Å²) in [6.45, 7) is 1.95. The van der Waals surface area contributed by atoms with Crippen molar-refractivity contribution in [2.45, 2.75) is 13.0 Å². The van der Waals surface area contributed by atoms with Gasteiger partial charge in [-0.25, -0.2) is 4.79 Å². The molecule has 1 atom stereocenters. The largest absolute Gasteiger partial charge is 0.497 e. The average molecular weight is 263 g/mol. The molecule has 2 aromatic rings. The molecule has 1 heterocycles. The first-order valence-corrected chi connectivity index (χ1v) is 6.06. The van der Waals surface area contributed by atoms with Crippen LogP contribution in [0.5, 0.6) is 5.75 Å². The molecule has 0 aliphatic carbocycles. The molecular formula is C14H17NO4. The third-order valence-electron chi connectivity index (χ3n) is 3.03. The van der Waals surface area contributed by atoms with Gasteiger partial charge in [-0.3, -0.25) is 0 Å². The fraction of sp³-hybridized carbons (Fsp3) is 0.357. The minimum absolute atomic E-state index is 0.240. The number of aliphatic hydroxyl groups is 1. The fourth-order valence-corrected chi connectivity index (χ4v) is 2.09. The molecule has 0 spiro atoms. The van der Waals surface area contributed by atoms with E-state index in [1.807, 2.05) is 23.7 Å². The van der Waals surface area contributed by atoms with Gasteiger partial charge in [0.2, 0.25) is 0 Å². The molecule has 5 heteroatoms. The van der Waals surface area contributed by atoms with E-state index in [2.05, 4.69) is 0 Å². The van der Waals surface area contributed by atoms with Crippen molar-refractivity contribution >= 4 is 16.9 Å². The summed E-state index contributed by atoms with van der Waals surface area (Å²) in [5.41, 5.74) is 1.44. The number of carbonyl (C=O) groups excluding carboxylic acids is 1. The summed E-state index contributed by atoms with van der Waals surface area (Å²) in [5.74, 6) is 0.0360. The van der Waals surface area contributed by atoms with Gasteiger partial charge in [-0.05, 0) is 25.1 Å². The topological polar surface area (TPSA) is 60.7 Å². The monoisotopic (exact) mass is 263 g/mol. The molecule has 0 saturated carbocycles. The smallest absolute Gasteiger partial charge is 0.339 e. The molecule has 0 radical (unpaired) electrons. The highest BCUT2D eigenvalue weighted by molar-refractivity contribution is 5.90. The lowest BCUT2D eigenvalue weighted by Crippen LogP contribution is -2.15. The van der Waals surface area contributed by atoms with Crippen molar-refractivity contribution in [2.75, 3.05) is 13.7 Å². The highest BCUT2D eigenvalue weighted by atomic mass is 16.5. The van der Waals surface area contributed by atoms with Crippen molar-refractivity contribution < 1.29 is 19.4 Å². The Bertz CT molecular complexity index is 603. The highest BCUT2D eigenvalue weighted by Gasteiger charge is 2.23. The SMILES string of the molecule is CCOC(=O)C(O)c1cn(C)c2ccc(OC)cc12. The molecule has 2 rings (SSSR count). The molecule has 0 amide bonds. The first-order valence-electron chi connectivity index (χ1n) is 6.06. The summed E-state index contributed by atoms with van der Waals surface area (Å²) in [4.78, 5) is 11.6. The van der Waals surface area contributed by atoms with Crippen molar-refractivity contribution in [3.05, 3.63) is 30.0 Å². The Hall–Kier alpha value is -2.01. The summed E-state index contributed by atoms with van der Waals surface area (Å²) in [5, 5.41) is 10.8. The Morgan fingerprint density at radius 2 is 2.21 bits per heavy atom. The number of aliphatic hydroxyl groups excluding tert-OH is 1. The number of aromatic nitrogens is 1. The second kappa shape index (κ2) is 5.32. The molecule has 0 aliphatic rings. The summed E-state index contributed by atoms with van der Waals surface area (Å²) in [7, 11) is 3.43. The summed E-state index contributed by atoms with van der Waals surface area (Å²) < 4.78 is 11.9. The van der Waals surface area contributed by atoms with E-state index in [0.717, 1.165) is 10.9 Å². The maximum atomic E-state index is 11.6. The number of fused-ring (bicyclic) bond motifs is 1. The van der Waals surface area contributed by atoms with Crippen LogP contribution in [0.3, 0.4) is 0 Å². The number of benzene rings is 1. The normalized spacial score (nSPS) is 12.4. The van der Waals surface area contributed by atoms with E-state index in [-0.39, 0.29) is 6.61 Å². The quantitative estimate of drug-likeness (QED) is 0.854. The van der Waals surface area contributed by atoms with Gasteiger partial charge in [-0.2, -0.15) is 0 Å². The minimum atomic E-state index is -1.28. The lowest BCUT2D eigenvalue weighted by molar-refractivity contribution is -0.153. The standard InChI is InChI=1S/C14H17NO4/c1-4-19-14(17)13(16)11-8-15(2)12-6-5-9(18-3)7-10(11)12/h5-8,13,16H,4H2,1-3H3. The highest BCUT2D eigenvalue weighted by Crippen LogP contribution is 2.29. The number of carbonyl (C=O) groups is 1. The molecule has 0 aliphatic heterocycles. The van der Waals surface area contributed by atoms with Gasteiger partial charge in [-0.1, -0.05) is 0 Å². The molecule has 102 valence electrons. The lowest BCUT2D eigenvalue weighted by atomic mass is 10.1. The Kier molecular flexibility index (Phi) is 3.76. The number of esters is 1. The molecule has 0 saturated heterocycles. The first kappa shape index (κ1) is 13.4. The van der Waals surface area contributed by atoms with Gasteiger partial charge in [0.1, 0.15) is 5.75 Å². The van der Waals surface area contributed by atoms with Crippen molar-refractivity contribution in [3.8, 4) is 5.75 Å². The molecule has 1 aromatic carbocycles. The van der Waals surface area contributed by atoms with E-state index < -0.39 is 12.1 Å². The predicted octanol–water partition coefficient (Wildman–Crippen LogP) is 1.78. The lowest BCUT2D eigenvalue weighted by Gasteiger charge is -2.08. The molecule has 0 fully saturated rings. The van der Waals surface area contributed by atoms with Crippen LogP contribution in [-0.4, -0.2) is 29.4 Å². The van der Waals surface area contributed by atoms with E-state index in [4.69, 9.17) is 9.47 Å². The Morgan fingerprint density at radius 3 is 2.84 bits per heavy atom. The van der Waals surface area contributed by atoms with E-state index in [9.17, 15) is 9.90 Å². The second-order valence-electron chi connectivity index (χ2n) is 4.23. The Balaban J connectivity index is 2.50. The number of rotatable bonds is 4. The molecule has 5 nitrogen and oxygen atoms in total. The van der Waals surface area contributed by atoms with Gasteiger partial charge < -0.3 is 19.1 Å². The van der Waals surface area contributed by atoms with Crippen molar-refractivity contribution in [1.29, 1.82) is 0 Å². The summed E-state index contributed by atoms with van der Waals surface area (Å²) in [6, 6.07) is 5.52. The number of hydrogen-bond donors (Lipinski definition) is 1. The Labute approximate surface area is 111 Å². The maximum absolute atomic E-state index is 11.6. The van der Waals surface area contributed by atoms with Crippen LogP contribution in [0.4, 0.5) is 0 Å². The van der Waals surface area contributed by atoms with Gasteiger partial charge in [0, 0.05) is 29.7 Å². The zero-order valence-corrected chi connectivity index (χ0v) is 11.2. The van der Waals surface area contributed by atoms with Crippen LogP contribution in [0.25, 0.3) is 10.9 Å². The number of nitrogens with zero attached hydrogens (tertiary/aromatic N) is 1. The third kappa shape index (κ3) is 2.42. The zero-order valence-electron chi connectivity index (χ0n) is 11.2. The number of aryl methyl sites for hydroxylation is 1. The summed E-state index contributed by atoms with van der Waals surface area (Å²) in [6.07, 6.45) is 0.446. The van der Waals surface area contributed by atoms with E-state index in [0.29, 0.717) is 11.3 Å². The van der Waals surface area contributed by atoms with E-state index in [1.165, 1.54) is 0 Å². The molecule has 1 aromatic heterocycles. The van der Waals surface area contributed by atoms with Gasteiger partial charge >= 0.3 is 5.97 Å². The zero-order chi connectivity index (χ0) is 14.0. The molecule has 1 N–H and O–H groups in total. The summed E-state index contributed by atoms with van der Waals surface area (Å²) >= 11 is 0. The van der Waals surface area contributed by atoms with E-state index >= 15 is 0 Å². The predicted molar refractivity (Wildman–Crippen MR) is 71.1 cm³/mol. The fourth-order valence-electron chi connectivity index (χ4n) is 2.09. The number of ether oxygens (including phenoxy) is 2. The van der Waals surface area contributed by atoms with E-state index in [1.54, 1.807) is 26.3 Å². The van der Waals surface area contributed by atoms with Gasteiger partial charge in [0.05, 0.1) is 13.7 Å². The van der Waals surface area contributed by atoms with Gasteiger partial charge in [-0.15, -0.1) is 0 Å². The van der Waals surface area contributed by atoms with Crippen LogP contribution < -0.4 is 4.74 Å². The Morgan fingerprint density at radius 1 is 1.47 bits per heavy atom. The number of hydrogen-bond acceptors (Lipinski definition) is 4. The van der Waals surface area contributed by atoms with Crippen LogP contribution in [0.2, 0.25) is 0 Å². The van der Waals surface area contributed by atoms with Crippen molar-refractivity contribution in [2.24, 2.45) is 7.05 Å². The van der Waals surface area contributed by atoms with Gasteiger partial charge in [0.15, 0.2) is 6.10 Å². The van der Waals surface area contributed by atoms with Crippen molar-refractivity contribution in [3.63, 3.8) is 0 Å². The van der Waals surface area contributed by atoms with Crippen LogP contribution in [0, 0.1) is 0 Å². The maximum Gasteiger partial charge on any atom is 0.339 e. The number of methoxy groups -OCH3 is 1. The van der Waals surface area contributed by atoms with Crippen LogP contribution >= 0.6 is 0 Å². The van der Waals surface area contributed by atoms with Crippen LogP contribution in [-0.2, 0) is 16.6 Å². The first-order chi connectivity index (χ1) is 9.08. The third-order valence-corrected chi connectivity index (χ3v) is 3.03. The molecule has 1 unspecified atom stereocenters.